The first kappa shape index (κ1) is 20.2. The summed E-state index contributed by atoms with van der Waals surface area (Å²) < 4.78 is 44.3. The van der Waals surface area contributed by atoms with E-state index in [1.807, 2.05) is 19.0 Å². The highest BCUT2D eigenvalue weighted by Crippen LogP contribution is 2.22. The summed E-state index contributed by atoms with van der Waals surface area (Å²) in [7, 11) is 2.55. The van der Waals surface area contributed by atoms with Gasteiger partial charge < -0.3 is 19.5 Å². The summed E-state index contributed by atoms with van der Waals surface area (Å²) in [5, 5.41) is 9.79. The maximum atomic E-state index is 13.1. The molecule has 0 spiro atoms. The molecule has 0 fully saturated rings. The number of fused-ring (bicyclic) bond motifs is 1. The molecule has 5 nitrogen and oxygen atoms in total. The van der Waals surface area contributed by atoms with Crippen molar-refractivity contribution in [3.63, 3.8) is 0 Å². The molecule has 0 aromatic heterocycles. The number of carbonyl (C=O) groups excluding carboxylic acids is 1. The van der Waals surface area contributed by atoms with Crippen LogP contribution in [-0.2, 0) is 17.8 Å². The Kier molecular flexibility index (Phi) is 5.67. The molecule has 2 aromatic carbocycles. The van der Waals surface area contributed by atoms with Gasteiger partial charge in [-0.3, -0.25) is 4.79 Å². The van der Waals surface area contributed by atoms with Crippen LogP contribution < -0.4 is 10.4 Å². The van der Waals surface area contributed by atoms with Gasteiger partial charge in [0.25, 0.3) is 5.91 Å². The quantitative estimate of drug-likeness (QED) is 0.793. The first-order valence-electron chi connectivity index (χ1n) is 8.69. The predicted molar refractivity (Wildman–Crippen MR) is 100 cm³/mol. The Hall–Kier alpha value is -2.52. The SMILES string of the molecule is CN(C)c1ccc(CN(CC(F)(F)F)C(=O)c2ccc3c(c2)B(O)OC3)cc1. The van der Waals surface area contributed by atoms with Crippen LogP contribution in [0.15, 0.2) is 42.5 Å². The topological polar surface area (TPSA) is 53.0 Å². The molecular weight excluding hydrogens is 372 g/mol. The van der Waals surface area contributed by atoms with Crippen LogP contribution in [-0.4, -0.2) is 49.8 Å². The fourth-order valence-electron chi connectivity index (χ4n) is 3.07. The van der Waals surface area contributed by atoms with Crippen LogP contribution in [0.3, 0.4) is 0 Å². The molecule has 0 saturated carbocycles. The lowest BCUT2D eigenvalue weighted by molar-refractivity contribution is -0.141. The van der Waals surface area contributed by atoms with E-state index in [9.17, 15) is 23.0 Å². The van der Waals surface area contributed by atoms with E-state index < -0.39 is 25.7 Å². The first-order valence-corrected chi connectivity index (χ1v) is 8.69. The third-order valence-electron chi connectivity index (χ3n) is 4.54. The highest BCUT2D eigenvalue weighted by Gasteiger charge is 2.34. The van der Waals surface area contributed by atoms with Crippen molar-refractivity contribution in [2.75, 3.05) is 25.5 Å². The lowest BCUT2D eigenvalue weighted by Crippen LogP contribution is -2.39. The zero-order chi connectivity index (χ0) is 20.5. The third kappa shape index (κ3) is 4.66. The molecule has 9 heteroatoms. The van der Waals surface area contributed by atoms with Crippen molar-refractivity contribution in [2.24, 2.45) is 0 Å². The van der Waals surface area contributed by atoms with Gasteiger partial charge in [-0.15, -0.1) is 0 Å². The molecule has 1 amide bonds. The maximum absolute atomic E-state index is 13.1. The van der Waals surface area contributed by atoms with Crippen molar-refractivity contribution in [3.8, 4) is 0 Å². The molecule has 0 saturated heterocycles. The zero-order valence-corrected chi connectivity index (χ0v) is 15.5. The molecule has 1 N–H and O–H groups in total. The van der Waals surface area contributed by atoms with Crippen LogP contribution in [0.4, 0.5) is 18.9 Å². The molecular formula is C19H20BF3N2O3. The van der Waals surface area contributed by atoms with Gasteiger partial charge in [0.2, 0.25) is 0 Å². The second-order valence-electron chi connectivity index (χ2n) is 6.91. The molecule has 0 radical (unpaired) electrons. The van der Waals surface area contributed by atoms with E-state index in [0.29, 0.717) is 16.6 Å². The smallest absolute Gasteiger partial charge is 0.423 e. The molecule has 0 atom stereocenters. The molecule has 1 aliphatic rings. The Balaban J connectivity index is 1.85. The fourth-order valence-corrected chi connectivity index (χ4v) is 3.07. The monoisotopic (exact) mass is 392 g/mol. The summed E-state index contributed by atoms with van der Waals surface area (Å²) >= 11 is 0. The van der Waals surface area contributed by atoms with Gasteiger partial charge in [-0.1, -0.05) is 18.2 Å². The third-order valence-corrected chi connectivity index (χ3v) is 4.54. The average Bonchev–Trinajstić information content (AvgIpc) is 3.00. The van der Waals surface area contributed by atoms with Crippen molar-refractivity contribution < 1.29 is 27.6 Å². The van der Waals surface area contributed by atoms with Gasteiger partial charge in [0.05, 0.1) is 6.61 Å². The molecule has 1 heterocycles. The fraction of sp³-hybridized carbons (Fsp3) is 0.316. The van der Waals surface area contributed by atoms with E-state index in [1.54, 1.807) is 30.3 Å². The minimum atomic E-state index is -4.53. The largest absolute Gasteiger partial charge is 0.491 e. The number of benzene rings is 2. The van der Waals surface area contributed by atoms with E-state index in [0.717, 1.165) is 10.6 Å². The molecule has 0 bridgehead atoms. The summed E-state index contributed by atoms with van der Waals surface area (Å²) in [5.41, 5.74) is 2.70. The number of amides is 1. The van der Waals surface area contributed by atoms with Crippen molar-refractivity contribution in [3.05, 3.63) is 59.2 Å². The van der Waals surface area contributed by atoms with E-state index in [1.165, 1.54) is 12.1 Å². The first-order chi connectivity index (χ1) is 13.1. The summed E-state index contributed by atoms with van der Waals surface area (Å²) in [6, 6.07) is 11.4. The lowest BCUT2D eigenvalue weighted by atomic mass is 9.78. The van der Waals surface area contributed by atoms with E-state index in [-0.39, 0.29) is 18.7 Å². The van der Waals surface area contributed by atoms with Crippen LogP contribution in [0, 0.1) is 0 Å². The normalized spacial score (nSPS) is 13.4. The van der Waals surface area contributed by atoms with Gasteiger partial charge in [0.1, 0.15) is 6.54 Å². The lowest BCUT2D eigenvalue weighted by Gasteiger charge is -2.25. The molecule has 0 unspecified atom stereocenters. The number of hydrogen-bond donors (Lipinski definition) is 1. The minimum Gasteiger partial charge on any atom is -0.423 e. The summed E-state index contributed by atoms with van der Waals surface area (Å²) in [6.07, 6.45) is -4.53. The van der Waals surface area contributed by atoms with E-state index in [4.69, 9.17) is 4.65 Å². The van der Waals surface area contributed by atoms with Gasteiger partial charge in [-0.25, -0.2) is 0 Å². The molecule has 28 heavy (non-hydrogen) atoms. The summed E-state index contributed by atoms with van der Waals surface area (Å²) in [6.45, 7) is -1.34. The Morgan fingerprint density at radius 1 is 1.18 bits per heavy atom. The molecule has 148 valence electrons. The number of alkyl halides is 3. The number of anilines is 1. The Morgan fingerprint density at radius 2 is 1.86 bits per heavy atom. The highest BCUT2D eigenvalue weighted by atomic mass is 19.4. The van der Waals surface area contributed by atoms with Crippen molar-refractivity contribution in [1.82, 2.24) is 4.90 Å². The van der Waals surface area contributed by atoms with Crippen LogP contribution in [0.25, 0.3) is 0 Å². The Labute approximate surface area is 161 Å². The maximum Gasteiger partial charge on any atom is 0.491 e. The summed E-state index contributed by atoms with van der Waals surface area (Å²) in [5.74, 6) is -0.754. The van der Waals surface area contributed by atoms with Crippen molar-refractivity contribution >= 4 is 24.2 Å². The van der Waals surface area contributed by atoms with Crippen LogP contribution in [0.5, 0.6) is 0 Å². The minimum absolute atomic E-state index is 0.0810. The van der Waals surface area contributed by atoms with Gasteiger partial charge in [-0.05, 0) is 40.9 Å². The van der Waals surface area contributed by atoms with E-state index >= 15 is 0 Å². The number of carbonyl (C=O) groups is 1. The average molecular weight is 392 g/mol. The molecule has 0 aliphatic carbocycles. The van der Waals surface area contributed by atoms with E-state index in [2.05, 4.69) is 0 Å². The number of hydrogen-bond acceptors (Lipinski definition) is 4. The Morgan fingerprint density at radius 3 is 2.46 bits per heavy atom. The van der Waals surface area contributed by atoms with Gasteiger partial charge in [0.15, 0.2) is 0 Å². The molecule has 3 rings (SSSR count). The van der Waals surface area contributed by atoms with Crippen molar-refractivity contribution in [2.45, 2.75) is 19.3 Å². The standard InChI is InChI=1S/C19H20BF3N2O3/c1-24(2)16-7-3-13(4-8-16)10-25(12-19(21,22)23)18(26)14-5-6-15-11-28-20(27)17(15)9-14/h3-9,27H,10-12H2,1-2H3. The number of nitrogens with zero attached hydrogens (tertiary/aromatic N) is 2. The van der Waals surface area contributed by atoms with Crippen molar-refractivity contribution in [1.29, 1.82) is 0 Å². The second kappa shape index (κ2) is 7.85. The number of rotatable bonds is 5. The molecule has 2 aromatic rings. The van der Waals surface area contributed by atoms with Crippen LogP contribution >= 0.6 is 0 Å². The van der Waals surface area contributed by atoms with Crippen LogP contribution in [0.2, 0.25) is 0 Å². The predicted octanol–water partition coefficient (Wildman–Crippen LogP) is 2.17. The zero-order valence-electron chi connectivity index (χ0n) is 15.5. The highest BCUT2D eigenvalue weighted by molar-refractivity contribution is 6.61. The number of halogens is 3. The summed E-state index contributed by atoms with van der Waals surface area (Å²) in [4.78, 5) is 15.4. The van der Waals surface area contributed by atoms with Gasteiger partial charge in [0, 0.05) is 31.9 Å². The van der Waals surface area contributed by atoms with Gasteiger partial charge >= 0.3 is 13.3 Å². The Bertz CT molecular complexity index is 856. The second-order valence-corrected chi connectivity index (χ2v) is 6.91. The van der Waals surface area contributed by atoms with Crippen LogP contribution in [0.1, 0.15) is 21.5 Å². The van der Waals surface area contributed by atoms with Gasteiger partial charge in [-0.2, -0.15) is 13.2 Å². The molecule has 1 aliphatic heterocycles.